The lowest BCUT2D eigenvalue weighted by atomic mass is 10.1. The number of alkyl halides is 6. The van der Waals surface area contributed by atoms with Crippen molar-refractivity contribution in [3.05, 3.63) is 65.7 Å². The van der Waals surface area contributed by atoms with Gasteiger partial charge in [0.2, 0.25) is 0 Å². The fourth-order valence-electron chi connectivity index (χ4n) is 3.88. The van der Waals surface area contributed by atoms with Crippen LogP contribution in [-0.2, 0) is 32.2 Å². The van der Waals surface area contributed by atoms with E-state index >= 15 is 0 Å². The first-order chi connectivity index (χ1) is 18.2. The summed E-state index contributed by atoms with van der Waals surface area (Å²) in [6.07, 6.45) is -4.21. The second-order valence-corrected chi connectivity index (χ2v) is 8.39. The number of aromatic nitrogens is 1. The number of hydrogen-bond donors (Lipinski definition) is 2. The first-order valence-corrected chi connectivity index (χ1v) is 11.4. The molecule has 15 heteroatoms. The Morgan fingerprint density at radius 3 is 2.08 bits per heavy atom. The van der Waals surface area contributed by atoms with Gasteiger partial charge in [0.1, 0.15) is 5.82 Å². The van der Waals surface area contributed by atoms with Gasteiger partial charge in [-0.15, -0.1) is 0 Å². The molecule has 8 nitrogen and oxygen atoms in total. The third-order valence-corrected chi connectivity index (χ3v) is 5.62. The van der Waals surface area contributed by atoms with Crippen LogP contribution in [0.1, 0.15) is 24.0 Å². The van der Waals surface area contributed by atoms with E-state index in [0.717, 1.165) is 43.7 Å². The maximum Gasteiger partial charge on any atom is 0.490 e. The van der Waals surface area contributed by atoms with Gasteiger partial charge in [0.25, 0.3) is 0 Å². The van der Waals surface area contributed by atoms with Crippen LogP contribution >= 0.6 is 0 Å². The molecule has 2 heterocycles. The van der Waals surface area contributed by atoms with Crippen LogP contribution in [-0.4, -0.2) is 75.8 Å². The highest BCUT2D eigenvalue weighted by atomic mass is 19.4. The van der Waals surface area contributed by atoms with Crippen molar-refractivity contribution < 1.29 is 60.0 Å². The first-order valence-electron chi connectivity index (χ1n) is 11.4. The van der Waals surface area contributed by atoms with Gasteiger partial charge in [0.05, 0.1) is 25.4 Å². The quantitative estimate of drug-likeness (QED) is 0.509. The maximum absolute atomic E-state index is 13.1. The van der Waals surface area contributed by atoms with E-state index in [0.29, 0.717) is 12.6 Å². The van der Waals surface area contributed by atoms with Crippen molar-refractivity contribution in [2.24, 2.45) is 0 Å². The van der Waals surface area contributed by atoms with Crippen molar-refractivity contribution in [2.45, 2.75) is 56.6 Å². The highest BCUT2D eigenvalue weighted by Crippen LogP contribution is 2.33. The number of carbonyl (C=O) groups is 2. The summed E-state index contributed by atoms with van der Waals surface area (Å²) in [5, 5.41) is 14.2. The van der Waals surface area contributed by atoms with E-state index in [1.165, 1.54) is 12.1 Å². The van der Waals surface area contributed by atoms with Crippen LogP contribution in [0, 0.1) is 5.82 Å². The molecule has 1 aliphatic heterocycles. The standard InChI is InChI=1S/C20H23FN2O2.2C2HF3O2/c21-17-5-3-15(4-6-17)13-23-10-11-24-19-8-7-18(23)20(19)25-14-16-2-1-9-22-12-16;2*3-2(4,5)1(6)7/h1-6,9,12,18-20H,7-8,10-11,13-14H2;2*(H,6,7). The molecule has 1 aliphatic carbocycles. The van der Waals surface area contributed by atoms with Crippen molar-refractivity contribution in [2.75, 3.05) is 13.2 Å². The minimum absolute atomic E-state index is 0.0724. The zero-order valence-corrected chi connectivity index (χ0v) is 20.2. The van der Waals surface area contributed by atoms with Crippen LogP contribution < -0.4 is 0 Å². The van der Waals surface area contributed by atoms with Gasteiger partial charge in [-0.25, -0.2) is 14.0 Å². The Bertz CT molecular complexity index is 1030. The highest BCUT2D eigenvalue weighted by molar-refractivity contribution is 5.73. The van der Waals surface area contributed by atoms with Gasteiger partial charge in [-0.2, -0.15) is 26.3 Å². The summed E-state index contributed by atoms with van der Waals surface area (Å²) in [5.41, 5.74) is 2.20. The molecule has 216 valence electrons. The topological polar surface area (TPSA) is 109 Å². The summed E-state index contributed by atoms with van der Waals surface area (Å²) in [7, 11) is 0. The number of hydrogen-bond acceptors (Lipinski definition) is 6. The van der Waals surface area contributed by atoms with Crippen molar-refractivity contribution in [1.29, 1.82) is 0 Å². The van der Waals surface area contributed by atoms with E-state index in [1.54, 1.807) is 6.20 Å². The largest absolute Gasteiger partial charge is 0.490 e. The second kappa shape index (κ2) is 14.2. The van der Waals surface area contributed by atoms with Crippen LogP contribution in [0.4, 0.5) is 30.7 Å². The molecule has 4 rings (SSSR count). The van der Waals surface area contributed by atoms with Crippen LogP contribution in [0.5, 0.6) is 0 Å². The highest BCUT2D eigenvalue weighted by Gasteiger charge is 2.43. The summed E-state index contributed by atoms with van der Waals surface area (Å²) in [4.78, 5) is 24.4. The van der Waals surface area contributed by atoms with Crippen LogP contribution in [0.2, 0.25) is 0 Å². The van der Waals surface area contributed by atoms with Crippen molar-refractivity contribution in [3.8, 4) is 0 Å². The summed E-state index contributed by atoms with van der Waals surface area (Å²) in [5.74, 6) is -5.71. The Hall–Kier alpha value is -3.30. The van der Waals surface area contributed by atoms with E-state index < -0.39 is 24.3 Å². The number of nitrogens with zero attached hydrogens (tertiary/aromatic N) is 2. The van der Waals surface area contributed by atoms with Gasteiger partial charge < -0.3 is 19.7 Å². The third-order valence-electron chi connectivity index (χ3n) is 5.62. The second-order valence-electron chi connectivity index (χ2n) is 8.39. The Morgan fingerprint density at radius 1 is 0.974 bits per heavy atom. The number of rotatable bonds is 5. The molecular formula is C24H25F7N2O6. The zero-order valence-electron chi connectivity index (χ0n) is 20.2. The molecule has 3 atom stereocenters. The maximum atomic E-state index is 13.1. The number of halogens is 7. The Balaban J connectivity index is 0.000000317. The first kappa shape index (κ1) is 31.9. The van der Waals surface area contributed by atoms with Crippen molar-refractivity contribution in [1.82, 2.24) is 9.88 Å². The van der Waals surface area contributed by atoms with E-state index in [2.05, 4.69) is 9.88 Å². The van der Waals surface area contributed by atoms with Crippen molar-refractivity contribution >= 4 is 11.9 Å². The van der Waals surface area contributed by atoms with Crippen LogP contribution in [0.15, 0.2) is 48.8 Å². The molecule has 1 aromatic heterocycles. The summed E-state index contributed by atoms with van der Waals surface area (Å²) in [6, 6.07) is 11.1. The number of ether oxygens (including phenoxy) is 2. The molecule has 2 fully saturated rings. The molecule has 0 radical (unpaired) electrons. The number of aliphatic carboxylic acids is 2. The number of pyridine rings is 1. The van der Waals surface area contributed by atoms with E-state index in [-0.39, 0.29) is 18.0 Å². The number of carboxylic acids is 2. The van der Waals surface area contributed by atoms with Gasteiger partial charge >= 0.3 is 24.3 Å². The van der Waals surface area contributed by atoms with Gasteiger partial charge in [-0.05, 0) is 42.2 Å². The molecule has 1 aromatic carbocycles. The van der Waals surface area contributed by atoms with Gasteiger partial charge in [-0.3, -0.25) is 9.88 Å². The molecule has 2 N–H and O–H groups in total. The summed E-state index contributed by atoms with van der Waals surface area (Å²) < 4.78 is 88.9. The molecule has 0 spiro atoms. The van der Waals surface area contributed by atoms with E-state index in [9.17, 15) is 30.7 Å². The molecule has 2 bridgehead atoms. The fourth-order valence-corrected chi connectivity index (χ4v) is 3.88. The lowest BCUT2D eigenvalue weighted by molar-refractivity contribution is -0.193. The Kier molecular flexibility index (Phi) is 11.6. The molecule has 2 aromatic rings. The molecule has 2 aliphatic rings. The van der Waals surface area contributed by atoms with E-state index in [4.69, 9.17) is 29.3 Å². The monoisotopic (exact) mass is 570 g/mol. The Labute approximate surface area is 218 Å². The van der Waals surface area contributed by atoms with Crippen LogP contribution in [0.25, 0.3) is 0 Å². The SMILES string of the molecule is Fc1ccc(CN2CCOC3CCC2C3OCc2cccnc2)cc1.O=C(O)C(F)(F)F.O=C(O)C(F)(F)F. The predicted octanol–water partition coefficient (Wildman–Crippen LogP) is 4.44. The minimum atomic E-state index is -5.08. The molecule has 3 unspecified atom stereocenters. The molecule has 0 amide bonds. The molecule has 1 saturated carbocycles. The summed E-state index contributed by atoms with van der Waals surface area (Å²) in [6.45, 7) is 2.95. The average Bonchev–Trinajstić information content (AvgIpc) is 3.17. The molecular weight excluding hydrogens is 545 g/mol. The minimum Gasteiger partial charge on any atom is -0.475 e. The van der Waals surface area contributed by atoms with Gasteiger partial charge in [0.15, 0.2) is 0 Å². The smallest absolute Gasteiger partial charge is 0.475 e. The number of benzene rings is 1. The average molecular weight is 570 g/mol. The normalized spacial score (nSPS) is 21.1. The number of fused-ring (bicyclic) bond motifs is 2. The third kappa shape index (κ3) is 10.8. The van der Waals surface area contributed by atoms with Gasteiger partial charge in [-0.1, -0.05) is 18.2 Å². The molecule has 1 saturated heterocycles. The van der Waals surface area contributed by atoms with Crippen LogP contribution in [0.3, 0.4) is 0 Å². The lowest BCUT2D eigenvalue weighted by Crippen LogP contribution is -2.42. The van der Waals surface area contributed by atoms with Gasteiger partial charge in [0, 0.05) is 31.5 Å². The molecule has 39 heavy (non-hydrogen) atoms. The fraction of sp³-hybridized carbons (Fsp3) is 0.458. The predicted molar refractivity (Wildman–Crippen MR) is 120 cm³/mol. The van der Waals surface area contributed by atoms with E-state index in [1.807, 2.05) is 30.5 Å². The van der Waals surface area contributed by atoms with Crippen molar-refractivity contribution in [3.63, 3.8) is 0 Å². The summed E-state index contributed by atoms with van der Waals surface area (Å²) >= 11 is 0. The zero-order chi connectivity index (χ0) is 29.2. The lowest BCUT2D eigenvalue weighted by Gasteiger charge is -2.31. The number of carboxylic acid groups (broad SMARTS) is 2. The Morgan fingerprint density at radius 2 is 1.56 bits per heavy atom.